The first-order valence-corrected chi connectivity index (χ1v) is 5.40. The van der Waals surface area contributed by atoms with E-state index in [4.69, 9.17) is 16.2 Å². The Bertz CT molecular complexity index is 691. The summed E-state index contributed by atoms with van der Waals surface area (Å²) in [5.41, 5.74) is 10.1. The first-order chi connectivity index (χ1) is 9.45. The molecular formula is C12H10F2N4O2. The van der Waals surface area contributed by atoms with Crippen molar-refractivity contribution in [2.45, 2.75) is 0 Å². The van der Waals surface area contributed by atoms with Gasteiger partial charge < -0.3 is 16.2 Å². The van der Waals surface area contributed by atoms with Gasteiger partial charge in [-0.25, -0.2) is 13.8 Å². The fourth-order valence-electron chi connectivity index (χ4n) is 1.63. The molecule has 0 radical (unpaired) electrons. The number of nitrogens with two attached hydrogens (primary N) is 2. The van der Waals surface area contributed by atoms with Crippen molar-refractivity contribution >= 4 is 17.5 Å². The summed E-state index contributed by atoms with van der Waals surface area (Å²) in [7, 11) is 1.23. The third-order valence-corrected chi connectivity index (χ3v) is 2.59. The minimum atomic E-state index is -1.33. The lowest BCUT2D eigenvalue weighted by atomic mass is 10.0. The first kappa shape index (κ1) is 13.7. The molecule has 4 N–H and O–H groups in total. The van der Waals surface area contributed by atoms with Crippen molar-refractivity contribution in [1.29, 1.82) is 0 Å². The molecule has 0 amide bonds. The fraction of sp³-hybridized carbons (Fsp3) is 0.0833. The summed E-state index contributed by atoms with van der Waals surface area (Å²) >= 11 is 0. The molecule has 0 aliphatic rings. The number of rotatable bonds is 3. The summed E-state index contributed by atoms with van der Waals surface area (Å²) in [5.74, 6) is -3.88. The van der Waals surface area contributed by atoms with Gasteiger partial charge in [-0.1, -0.05) is 0 Å². The van der Waals surface area contributed by atoms with Crippen molar-refractivity contribution < 1.29 is 18.3 Å². The van der Waals surface area contributed by atoms with Gasteiger partial charge in [0.25, 0.3) is 0 Å². The molecule has 104 valence electrons. The van der Waals surface area contributed by atoms with Gasteiger partial charge in [-0.05, 0) is 12.1 Å². The number of ketones is 1. The highest BCUT2D eigenvalue weighted by Gasteiger charge is 2.24. The highest BCUT2D eigenvalue weighted by molar-refractivity contribution is 6.13. The molecule has 1 aromatic heterocycles. The van der Waals surface area contributed by atoms with Crippen molar-refractivity contribution in [3.8, 4) is 5.75 Å². The number of hydrogen-bond donors (Lipinski definition) is 2. The number of benzene rings is 1. The Hall–Kier alpha value is -2.77. The van der Waals surface area contributed by atoms with Gasteiger partial charge in [-0.2, -0.15) is 4.98 Å². The number of halogens is 2. The van der Waals surface area contributed by atoms with Crippen molar-refractivity contribution in [3.63, 3.8) is 0 Å². The Morgan fingerprint density at radius 3 is 2.60 bits per heavy atom. The predicted molar refractivity (Wildman–Crippen MR) is 67.2 cm³/mol. The number of carbonyl (C=O) groups excluding carboxylic acids is 1. The molecule has 0 spiro atoms. The number of hydrogen-bond acceptors (Lipinski definition) is 6. The van der Waals surface area contributed by atoms with Gasteiger partial charge in [-0.3, -0.25) is 4.79 Å². The van der Waals surface area contributed by atoms with Crippen LogP contribution in [-0.4, -0.2) is 22.9 Å². The second-order valence-corrected chi connectivity index (χ2v) is 3.79. The maximum absolute atomic E-state index is 13.8. The van der Waals surface area contributed by atoms with Gasteiger partial charge in [-0.15, -0.1) is 0 Å². The normalized spacial score (nSPS) is 10.3. The Balaban J connectivity index is 2.61. The molecule has 0 atom stereocenters. The third kappa shape index (κ3) is 2.22. The van der Waals surface area contributed by atoms with E-state index in [0.717, 1.165) is 18.3 Å². The van der Waals surface area contributed by atoms with Gasteiger partial charge >= 0.3 is 0 Å². The van der Waals surface area contributed by atoms with Gasteiger partial charge in [0.1, 0.15) is 17.1 Å². The van der Waals surface area contributed by atoms with E-state index in [1.807, 2.05) is 0 Å². The van der Waals surface area contributed by atoms with Gasteiger partial charge in [0.15, 0.2) is 11.6 Å². The second kappa shape index (κ2) is 5.08. The molecule has 0 saturated carbocycles. The molecule has 0 fully saturated rings. The Morgan fingerprint density at radius 1 is 1.30 bits per heavy atom. The number of carbonyl (C=O) groups is 1. The maximum atomic E-state index is 13.8. The van der Waals surface area contributed by atoms with E-state index in [9.17, 15) is 13.6 Å². The van der Waals surface area contributed by atoms with E-state index in [0.29, 0.717) is 0 Å². The smallest absolute Gasteiger partial charge is 0.221 e. The lowest BCUT2D eigenvalue weighted by Crippen LogP contribution is -2.13. The summed E-state index contributed by atoms with van der Waals surface area (Å²) in [4.78, 5) is 19.4. The van der Waals surface area contributed by atoms with E-state index in [-0.39, 0.29) is 23.1 Å². The molecule has 2 rings (SSSR count). The maximum Gasteiger partial charge on any atom is 0.221 e. The average Bonchev–Trinajstić information content (AvgIpc) is 2.41. The largest absolute Gasteiger partial charge is 0.496 e. The van der Waals surface area contributed by atoms with Crippen LogP contribution in [0.15, 0.2) is 18.3 Å². The van der Waals surface area contributed by atoms with E-state index >= 15 is 0 Å². The SMILES string of the molecule is COc1ccc(F)c(F)c1C(=O)c1cnc(N)nc1N. The van der Waals surface area contributed by atoms with Crippen LogP contribution in [0.1, 0.15) is 15.9 Å². The Labute approximate surface area is 112 Å². The highest BCUT2D eigenvalue weighted by atomic mass is 19.2. The fourth-order valence-corrected chi connectivity index (χ4v) is 1.63. The minimum absolute atomic E-state index is 0.120. The standard InChI is InChI=1S/C12H10F2N4O2/c1-20-7-3-2-6(13)9(14)8(7)10(19)5-4-17-12(16)18-11(5)15/h2-4H,1H3,(H4,15,16,17,18). The number of nitrogen functional groups attached to an aromatic ring is 2. The van der Waals surface area contributed by atoms with E-state index in [1.165, 1.54) is 7.11 Å². The topological polar surface area (TPSA) is 104 Å². The van der Waals surface area contributed by atoms with E-state index in [1.54, 1.807) is 0 Å². The highest BCUT2D eigenvalue weighted by Crippen LogP contribution is 2.27. The molecule has 0 bridgehead atoms. The average molecular weight is 280 g/mol. The molecule has 1 aromatic carbocycles. The minimum Gasteiger partial charge on any atom is -0.496 e. The van der Waals surface area contributed by atoms with Gasteiger partial charge in [0.2, 0.25) is 11.7 Å². The molecular weight excluding hydrogens is 270 g/mol. The lowest BCUT2D eigenvalue weighted by Gasteiger charge is -2.10. The number of ether oxygens (including phenoxy) is 1. The van der Waals surface area contributed by atoms with E-state index in [2.05, 4.69) is 9.97 Å². The third-order valence-electron chi connectivity index (χ3n) is 2.59. The molecule has 0 saturated heterocycles. The number of nitrogens with zero attached hydrogens (tertiary/aromatic N) is 2. The van der Waals surface area contributed by atoms with Crippen LogP contribution in [0.25, 0.3) is 0 Å². The number of anilines is 2. The molecule has 2 aromatic rings. The lowest BCUT2D eigenvalue weighted by molar-refractivity contribution is 0.103. The quantitative estimate of drug-likeness (QED) is 0.817. The van der Waals surface area contributed by atoms with Crippen LogP contribution in [-0.2, 0) is 0 Å². The van der Waals surface area contributed by atoms with Gasteiger partial charge in [0.05, 0.1) is 12.7 Å². The molecule has 8 heteroatoms. The summed E-state index contributed by atoms with van der Waals surface area (Å²) < 4.78 is 31.9. The van der Waals surface area contributed by atoms with E-state index < -0.39 is 23.0 Å². The van der Waals surface area contributed by atoms with Crippen molar-refractivity contribution in [1.82, 2.24) is 9.97 Å². The summed E-state index contributed by atoms with van der Waals surface area (Å²) in [6.45, 7) is 0. The summed E-state index contributed by atoms with van der Waals surface area (Å²) in [5, 5.41) is 0. The van der Waals surface area contributed by atoms with Crippen molar-refractivity contribution in [2.24, 2.45) is 0 Å². The van der Waals surface area contributed by atoms with Crippen LogP contribution in [0.4, 0.5) is 20.5 Å². The molecule has 0 aliphatic carbocycles. The molecule has 6 nitrogen and oxygen atoms in total. The summed E-state index contributed by atoms with van der Waals surface area (Å²) in [6, 6.07) is 1.99. The summed E-state index contributed by atoms with van der Waals surface area (Å²) in [6.07, 6.45) is 1.05. The van der Waals surface area contributed by atoms with Crippen LogP contribution < -0.4 is 16.2 Å². The zero-order valence-corrected chi connectivity index (χ0v) is 10.4. The van der Waals surface area contributed by atoms with Crippen molar-refractivity contribution in [2.75, 3.05) is 18.6 Å². The van der Waals surface area contributed by atoms with Crippen LogP contribution >= 0.6 is 0 Å². The van der Waals surface area contributed by atoms with Crippen molar-refractivity contribution in [3.05, 3.63) is 41.1 Å². The van der Waals surface area contributed by atoms with Crippen LogP contribution in [0.5, 0.6) is 5.75 Å². The molecule has 20 heavy (non-hydrogen) atoms. The number of methoxy groups -OCH3 is 1. The first-order valence-electron chi connectivity index (χ1n) is 5.40. The zero-order chi connectivity index (χ0) is 14.9. The zero-order valence-electron chi connectivity index (χ0n) is 10.4. The Morgan fingerprint density at radius 2 is 2.00 bits per heavy atom. The Kier molecular flexibility index (Phi) is 3.47. The monoisotopic (exact) mass is 280 g/mol. The molecule has 0 unspecified atom stereocenters. The number of aromatic nitrogens is 2. The van der Waals surface area contributed by atoms with Gasteiger partial charge in [0, 0.05) is 6.20 Å². The van der Waals surface area contributed by atoms with Crippen LogP contribution in [0.2, 0.25) is 0 Å². The molecule has 0 aliphatic heterocycles. The second-order valence-electron chi connectivity index (χ2n) is 3.79. The predicted octanol–water partition coefficient (Wildman–Crippen LogP) is 1.16. The van der Waals surface area contributed by atoms with Crippen LogP contribution in [0, 0.1) is 11.6 Å². The van der Waals surface area contributed by atoms with Crippen LogP contribution in [0.3, 0.4) is 0 Å². The molecule has 1 heterocycles.